The largest absolute Gasteiger partial charge is 0.492 e. The Morgan fingerprint density at radius 1 is 1.06 bits per heavy atom. The van der Waals surface area contributed by atoms with Crippen LogP contribution in [-0.2, 0) is 0 Å². The molecule has 1 unspecified atom stereocenters. The summed E-state index contributed by atoms with van der Waals surface area (Å²) in [7, 11) is 0. The molecule has 0 aliphatic rings. The standard InChI is InChI=1S/C16H28OS/c1-3-5-7-8-10-15(9-6-4-2)13-17-16-11-12-18-14-16/h11-12,14-15H,3-10,13H2,1-2H3. The molecule has 0 N–H and O–H groups in total. The number of hydrogen-bond acceptors (Lipinski definition) is 2. The third kappa shape index (κ3) is 7.05. The van der Waals surface area contributed by atoms with Gasteiger partial charge in [0, 0.05) is 5.38 Å². The molecule has 1 heterocycles. The zero-order valence-electron chi connectivity index (χ0n) is 12.0. The maximum atomic E-state index is 5.87. The number of thiophene rings is 1. The van der Waals surface area contributed by atoms with Crippen molar-refractivity contribution in [3.05, 3.63) is 16.8 Å². The molecule has 1 aromatic heterocycles. The van der Waals surface area contributed by atoms with Crippen molar-refractivity contribution >= 4 is 11.3 Å². The van der Waals surface area contributed by atoms with Crippen LogP contribution in [0.1, 0.15) is 65.2 Å². The minimum atomic E-state index is 0.752. The van der Waals surface area contributed by atoms with Crippen LogP contribution >= 0.6 is 11.3 Å². The molecule has 0 amide bonds. The second-order valence-electron chi connectivity index (χ2n) is 5.13. The van der Waals surface area contributed by atoms with Crippen LogP contribution in [0.4, 0.5) is 0 Å². The van der Waals surface area contributed by atoms with Gasteiger partial charge in [-0.3, -0.25) is 0 Å². The lowest BCUT2D eigenvalue weighted by atomic mass is 9.96. The lowest BCUT2D eigenvalue weighted by Crippen LogP contribution is -2.12. The molecule has 1 aromatic rings. The number of hydrogen-bond donors (Lipinski definition) is 0. The van der Waals surface area contributed by atoms with Gasteiger partial charge in [0.25, 0.3) is 0 Å². The van der Waals surface area contributed by atoms with Crippen molar-refractivity contribution in [1.82, 2.24) is 0 Å². The van der Waals surface area contributed by atoms with Crippen LogP contribution < -0.4 is 4.74 Å². The third-order valence-corrected chi connectivity index (χ3v) is 4.07. The van der Waals surface area contributed by atoms with Crippen molar-refractivity contribution in [2.24, 2.45) is 5.92 Å². The van der Waals surface area contributed by atoms with Gasteiger partial charge in [-0.25, -0.2) is 0 Å². The first-order chi connectivity index (χ1) is 8.86. The molecular weight excluding hydrogens is 240 g/mol. The SMILES string of the molecule is CCCCCCC(CCCC)COc1ccsc1. The number of rotatable bonds is 11. The molecule has 0 fully saturated rings. The van der Waals surface area contributed by atoms with E-state index < -0.39 is 0 Å². The molecule has 0 aliphatic heterocycles. The lowest BCUT2D eigenvalue weighted by molar-refractivity contribution is 0.226. The summed E-state index contributed by atoms with van der Waals surface area (Å²) in [5, 5.41) is 4.17. The number of unbranched alkanes of at least 4 members (excludes halogenated alkanes) is 4. The first kappa shape index (κ1) is 15.6. The monoisotopic (exact) mass is 268 g/mol. The Labute approximate surface area is 117 Å². The molecule has 0 spiro atoms. The highest BCUT2D eigenvalue weighted by Crippen LogP contribution is 2.21. The summed E-state index contributed by atoms with van der Waals surface area (Å²) >= 11 is 1.71. The maximum absolute atomic E-state index is 5.87. The fourth-order valence-electron chi connectivity index (χ4n) is 2.21. The molecule has 1 nitrogen and oxygen atoms in total. The van der Waals surface area contributed by atoms with E-state index in [4.69, 9.17) is 4.74 Å². The van der Waals surface area contributed by atoms with Crippen LogP contribution in [0.5, 0.6) is 5.75 Å². The van der Waals surface area contributed by atoms with Crippen molar-refractivity contribution in [2.45, 2.75) is 65.2 Å². The Hall–Kier alpha value is -0.500. The molecule has 104 valence electrons. The van der Waals surface area contributed by atoms with E-state index in [9.17, 15) is 0 Å². The summed E-state index contributed by atoms with van der Waals surface area (Å²) in [6.45, 7) is 5.45. The molecule has 2 heteroatoms. The van der Waals surface area contributed by atoms with Gasteiger partial charge in [-0.1, -0.05) is 52.4 Å². The fourth-order valence-corrected chi connectivity index (χ4v) is 2.78. The molecule has 0 aromatic carbocycles. The van der Waals surface area contributed by atoms with E-state index in [-0.39, 0.29) is 0 Å². The molecule has 0 bridgehead atoms. The van der Waals surface area contributed by atoms with Gasteiger partial charge >= 0.3 is 0 Å². The second-order valence-corrected chi connectivity index (χ2v) is 5.91. The Balaban J connectivity index is 2.21. The van der Waals surface area contributed by atoms with E-state index in [2.05, 4.69) is 30.7 Å². The second kappa shape index (κ2) is 10.4. The maximum Gasteiger partial charge on any atom is 0.129 e. The Morgan fingerprint density at radius 3 is 2.50 bits per heavy atom. The minimum Gasteiger partial charge on any atom is -0.492 e. The van der Waals surface area contributed by atoms with E-state index in [1.165, 1.54) is 51.4 Å². The van der Waals surface area contributed by atoms with Crippen LogP contribution in [-0.4, -0.2) is 6.61 Å². The van der Waals surface area contributed by atoms with E-state index in [0.29, 0.717) is 0 Å². The van der Waals surface area contributed by atoms with Crippen molar-refractivity contribution in [3.63, 3.8) is 0 Å². The quantitative estimate of drug-likeness (QED) is 0.454. The Kier molecular flexibility index (Phi) is 9.01. The molecular formula is C16H28OS. The third-order valence-electron chi connectivity index (χ3n) is 3.41. The van der Waals surface area contributed by atoms with Gasteiger partial charge in [0.2, 0.25) is 0 Å². The first-order valence-electron chi connectivity index (χ1n) is 7.51. The van der Waals surface area contributed by atoms with Crippen molar-refractivity contribution < 1.29 is 4.74 Å². The van der Waals surface area contributed by atoms with Crippen molar-refractivity contribution in [1.29, 1.82) is 0 Å². The van der Waals surface area contributed by atoms with E-state index in [1.54, 1.807) is 11.3 Å². The molecule has 18 heavy (non-hydrogen) atoms. The van der Waals surface area contributed by atoms with E-state index in [1.807, 2.05) is 0 Å². The smallest absolute Gasteiger partial charge is 0.129 e. The first-order valence-corrected chi connectivity index (χ1v) is 8.46. The van der Waals surface area contributed by atoms with Gasteiger partial charge in [-0.15, -0.1) is 11.3 Å². The normalized spacial score (nSPS) is 12.6. The summed E-state index contributed by atoms with van der Waals surface area (Å²) < 4.78 is 5.87. The predicted octanol–water partition coefficient (Wildman–Crippen LogP) is 5.90. The Morgan fingerprint density at radius 2 is 1.83 bits per heavy atom. The highest BCUT2D eigenvalue weighted by molar-refractivity contribution is 7.08. The van der Waals surface area contributed by atoms with Crippen LogP contribution in [0, 0.1) is 5.92 Å². The topological polar surface area (TPSA) is 9.23 Å². The van der Waals surface area contributed by atoms with E-state index in [0.717, 1.165) is 18.3 Å². The van der Waals surface area contributed by atoms with Gasteiger partial charge in [-0.2, -0.15) is 0 Å². The highest BCUT2D eigenvalue weighted by atomic mass is 32.1. The van der Waals surface area contributed by atoms with Gasteiger partial charge in [0.1, 0.15) is 5.75 Å². The highest BCUT2D eigenvalue weighted by Gasteiger charge is 2.09. The summed E-state index contributed by atoms with van der Waals surface area (Å²) in [4.78, 5) is 0. The van der Waals surface area contributed by atoms with Crippen molar-refractivity contribution in [3.8, 4) is 5.75 Å². The van der Waals surface area contributed by atoms with Gasteiger partial charge in [0.05, 0.1) is 6.61 Å². The van der Waals surface area contributed by atoms with Crippen molar-refractivity contribution in [2.75, 3.05) is 6.61 Å². The molecule has 0 saturated heterocycles. The summed E-state index contributed by atoms with van der Waals surface area (Å²) in [5.74, 6) is 1.80. The lowest BCUT2D eigenvalue weighted by Gasteiger charge is -2.17. The molecule has 0 saturated carbocycles. The summed E-state index contributed by atoms with van der Waals surface area (Å²) in [6, 6.07) is 2.07. The van der Waals surface area contributed by atoms with Crippen LogP contribution in [0.25, 0.3) is 0 Å². The zero-order chi connectivity index (χ0) is 13.1. The number of ether oxygens (including phenoxy) is 1. The van der Waals surface area contributed by atoms with Crippen LogP contribution in [0.2, 0.25) is 0 Å². The van der Waals surface area contributed by atoms with E-state index >= 15 is 0 Å². The summed E-state index contributed by atoms with van der Waals surface area (Å²) in [5.41, 5.74) is 0. The predicted molar refractivity (Wildman–Crippen MR) is 81.6 cm³/mol. The molecule has 0 radical (unpaired) electrons. The fraction of sp³-hybridized carbons (Fsp3) is 0.750. The molecule has 1 rings (SSSR count). The van der Waals surface area contributed by atoms with Crippen LogP contribution in [0.3, 0.4) is 0 Å². The van der Waals surface area contributed by atoms with Gasteiger partial charge < -0.3 is 4.74 Å². The average Bonchev–Trinajstić information content (AvgIpc) is 2.90. The molecule has 0 aliphatic carbocycles. The Bertz CT molecular complexity index is 269. The molecule has 1 atom stereocenters. The van der Waals surface area contributed by atoms with Crippen LogP contribution in [0.15, 0.2) is 16.8 Å². The zero-order valence-corrected chi connectivity index (χ0v) is 12.8. The van der Waals surface area contributed by atoms with Gasteiger partial charge in [0.15, 0.2) is 0 Å². The average molecular weight is 268 g/mol. The minimum absolute atomic E-state index is 0.752. The summed E-state index contributed by atoms with van der Waals surface area (Å²) in [6.07, 6.45) is 10.8. The van der Waals surface area contributed by atoms with Gasteiger partial charge in [-0.05, 0) is 30.2 Å².